The smallest absolute Gasteiger partial charge is 0.227 e. The lowest BCUT2D eigenvalue weighted by Crippen LogP contribution is -2.50. The number of aryl methyl sites for hydroxylation is 2. The molecule has 26 heavy (non-hydrogen) atoms. The van der Waals surface area contributed by atoms with E-state index in [1.165, 1.54) is 37.7 Å². The molecule has 4 rings (SSSR count). The minimum atomic E-state index is 0.0842. The highest BCUT2D eigenvalue weighted by molar-refractivity contribution is 5.78. The van der Waals surface area contributed by atoms with E-state index in [1.807, 2.05) is 24.9 Å². The highest BCUT2D eigenvalue weighted by Gasteiger charge is 2.37. The van der Waals surface area contributed by atoms with Crippen molar-refractivity contribution in [1.29, 1.82) is 0 Å². The predicted octanol–water partition coefficient (Wildman–Crippen LogP) is 4.05. The maximum atomic E-state index is 4.87. The van der Waals surface area contributed by atoms with E-state index in [2.05, 4.69) is 47.4 Å². The Labute approximate surface area is 155 Å². The van der Waals surface area contributed by atoms with Crippen LogP contribution in [0.5, 0.6) is 0 Å². The van der Waals surface area contributed by atoms with Crippen molar-refractivity contribution in [3.05, 3.63) is 47.8 Å². The first kappa shape index (κ1) is 17.0. The van der Waals surface area contributed by atoms with E-state index in [0.29, 0.717) is 0 Å². The van der Waals surface area contributed by atoms with Crippen molar-refractivity contribution in [3.63, 3.8) is 0 Å². The summed E-state index contributed by atoms with van der Waals surface area (Å²) in [6.45, 7) is 2.01. The van der Waals surface area contributed by atoms with Gasteiger partial charge in [0.1, 0.15) is 0 Å². The molecule has 3 aromatic rings. The number of benzene rings is 1. The molecule has 0 aliphatic heterocycles. The third kappa shape index (κ3) is 2.96. The van der Waals surface area contributed by atoms with Crippen LogP contribution in [0.2, 0.25) is 0 Å². The van der Waals surface area contributed by atoms with Crippen molar-refractivity contribution in [3.8, 4) is 0 Å². The van der Waals surface area contributed by atoms with E-state index in [4.69, 9.17) is 9.97 Å². The second kappa shape index (κ2) is 6.71. The Morgan fingerprint density at radius 3 is 2.58 bits per heavy atom. The van der Waals surface area contributed by atoms with Crippen LogP contribution in [0.15, 0.2) is 36.5 Å². The Kier molecular flexibility index (Phi) is 4.39. The molecule has 1 aromatic carbocycles. The Bertz CT molecular complexity index is 893. The molecule has 0 amide bonds. The van der Waals surface area contributed by atoms with Gasteiger partial charge in [-0.2, -0.15) is 10.1 Å². The fraction of sp³-hybridized carbons (Fsp3) is 0.476. The van der Waals surface area contributed by atoms with Crippen LogP contribution in [0.3, 0.4) is 0 Å². The SMILES string of the molecule is Cc1nn(C)c2nc(N(C)C3(Cc4ccccc4)CCCCC3)ncc12. The molecule has 1 saturated carbocycles. The number of aromatic nitrogens is 4. The summed E-state index contributed by atoms with van der Waals surface area (Å²) >= 11 is 0. The van der Waals surface area contributed by atoms with Gasteiger partial charge in [-0.1, -0.05) is 49.6 Å². The van der Waals surface area contributed by atoms with Gasteiger partial charge < -0.3 is 4.90 Å². The van der Waals surface area contributed by atoms with Gasteiger partial charge in [0.25, 0.3) is 0 Å². The second-order valence-corrected chi connectivity index (χ2v) is 7.62. The molecular weight excluding hydrogens is 322 g/mol. The van der Waals surface area contributed by atoms with Crippen LogP contribution in [-0.4, -0.2) is 32.3 Å². The maximum absolute atomic E-state index is 4.87. The van der Waals surface area contributed by atoms with E-state index < -0.39 is 0 Å². The largest absolute Gasteiger partial charge is 0.338 e. The molecule has 0 spiro atoms. The number of likely N-dealkylation sites (N-methyl/N-ethyl adjacent to an activating group) is 1. The molecule has 0 N–H and O–H groups in total. The van der Waals surface area contributed by atoms with Crippen LogP contribution in [0, 0.1) is 6.92 Å². The Morgan fingerprint density at radius 1 is 1.12 bits per heavy atom. The molecule has 2 heterocycles. The minimum absolute atomic E-state index is 0.0842. The van der Waals surface area contributed by atoms with E-state index in [0.717, 1.165) is 29.1 Å². The first-order chi connectivity index (χ1) is 12.6. The fourth-order valence-electron chi connectivity index (χ4n) is 4.38. The summed E-state index contributed by atoms with van der Waals surface area (Å²) in [6.07, 6.45) is 9.19. The van der Waals surface area contributed by atoms with Gasteiger partial charge in [0.15, 0.2) is 5.65 Å². The Hall–Kier alpha value is -2.43. The standard InChI is InChI=1S/C21H27N5/c1-16-18-15-22-20(23-19(18)26(3)24-16)25(2)21(12-8-5-9-13-21)14-17-10-6-4-7-11-17/h4,6-7,10-11,15H,5,8-9,12-14H2,1-3H3. The molecule has 0 radical (unpaired) electrons. The number of rotatable bonds is 4. The maximum Gasteiger partial charge on any atom is 0.227 e. The lowest BCUT2D eigenvalue weighted by atomic mass is 9.76. The van der Waals surface area contributed by atoms with Gasteiger partial charge in [-0.25, -0.2) is 4.98 Å². The molecule has 5 nitrogen and oxygen atoms in total. The average molecular weight is 349 g/mol. The zero-order valence-corrected chi connectivity index (χ0v) is 15.9. The Balaban J connectivity index is 1.72. The summed E-state index contributed by atoms with van der Waals surface area (Å²) in [6, 6.07) is 10.8. The molecule has 1 aliphatic carbocycles. The third-order valence-corrected chi connectivity index (χ3v) is 5.92. The van der Waals surface area contributed by atoms with Gasteiger partial charge in [-0.05, 0) is 31.7 Å². The fourth-order valence-corrected chi connectivity index (χ4v) is 4.38. The third-order valence-electron chi connectivity index (χ3n) is 5.92. The summed E-state index contributed by atoms with van der Waals surface area (Å²) < 4.78 is 1.86. The summed E-state index contributed by atoms with van der Waals surface area (Å²) in [5, 5.41) is 5.52. The molecule has 2 aromatic heterocycles. The van der Waals surface area contributed by atoms with E-state index in [9.17, 15) is 0 Å². The van der Waals surface area contributed by atoms with Crippen molar-refractivity contribution in [2.45, 2.75) is 51.0 Å². The van der Waals surface area contributed by atoms with Gasteiger partial charge in [0.2, 0.25) is 5.95 Å². The zero-order chi connectivity index (χ0) is 18.1. The average Bonchev–Trinajstić information content (AvgIpc) is 2.96. The monoisotopic (exact) mass is 349 g/mol. The normalized spacial score (nSPS) is 16.7. The van der Waals surface area contributed by atoms with Gasteiger partial charge >= 0.3 is 0 Å². The molecule has 0 unspecified atom stereocenters. The number of nitrogens with zero attached hydrogens (tertiary/aromatic N) is 5. The van der Waals surface area contributed by atoms with E-state index >= 15 is 0 Å². The quantitative estimate of drug-likeness (QED) is 0.713. The van der Waals surface area contributed by atoms with Crippen molar-refractivity contribution >= 4 is 17.0 Å². The molecule has 1 aliphatic rings. The lowest BCUT2D eigenvalue weighted by Gasteiger charge is -2.45. The molecule has 0 saturated heterocycles. The molecule has 5 heteroatoms. The highest BCUT2D eigenvalue weighted by Crippen LogP contribution is 2.37. The number of hydrogen-bond donors (Lipinski definition) is 0. The Morgan fingerprint density at radius 2 is 1.85 bits per heavy atom. The lowest BCUT2D eigenvalue weighted by molar-refractivity contribution is 0.279. The molecule has 1 fully saturated rings. The van der Waals surface area contributed by atoms with Gasteiger partial charge in [0, 0.05) is 25.8 Å². The van der Waals surface area contributed by atoms with Gasteiger partial charge in [0.05, 0.1) is 11.1 Å². The van der Waals surface area contributed by atoms with Crippen LogP contribution >= 0.6 is 0 Å². The molecule has 136 valence electrons. The summed E-state index contributed by atoms with van der Waals surface area (Å²) in [7, 11) is 4.12. The van der Waals surface area contributed by atoms with E-state index in [-0.39, 0.29) is 5.54 Å². The van der Waals surface area contributed by atoms with Crippen LogP contribution in [0.1, 0.15) is 43.4 Å². The first-order valence-corrected chi connectivity index (χ1v) is 9.53. The molecular formula is C21H27N5. The van der Waals surface area contributed by atoms with Crippen molar-refractivity contribution < 1.29 is 0 Å². The van der Waals surface area contributed by atoms with Crippen molar-refractivity contribution in [2.75, 3.05) is 11.9 Å². The zero-order valence-electron chi connectivity index (χ0n) is 15.9. The van der Waals surface area contributed by atoms with Gasteiger partial charge in [-0.3, -0.25) is 4.68 Å². The van der Waals surface area contributed by atoms with Crippen LogP contribution in [-0.2, 0) is 13.5 Å². The van der Waals surface area contributed by atoms with Crippen LogP contribution in [0.25, 0.3) is 11.0 Å². The number of anilines is 1. The van der Waals surface area contributed by atoms with Crippen molar-refractivity contribution in [2.24, 2.45) is 7.05 Å². The topological polar surface area (TPSA) is 46.8 Å². The predicted molar refractivity (Wildman–Crippen MR) is 105 cm³/mol. The minimum Gasteiger partial charge on any atom is -0.338 e. The van der Waals surface area contributed by atoms with Crippen molar-refractivity contribution in [1.82, 2.24) is 19.7 Å². The van der Waals surface area contributed by atoms with E-state index in [1.54, 1.807) is 0 Å². The molecule has 0 atom stereocenters. The highest BCUT2D eigenvalue weighted by atomic mass is 15.3. The number of hydrogen-bond acceptors (Lipinski definition) is 4. The van der Waals surface area contributed by atoms with Gasteiger partial charge in [-0.15, -0.1) is 0 Å². The second-order valence-electron chi connectivity index (χ2n) is 7.62. The molecule has 0 bridgehead atoms. The first-order valence-electron chi connectivity index (χ1n) is 9.53. The number of fused-ring (bicyclic) bond motifs is 1. The van der Waals surface area contributed by atoms with Crippen LogP contribution in [0.4, 0.5) is 5.95 Å². The summed E-state index contributed by atoms with van der Waals surface area (Å²) in [5.74, 6) is 0.804. The van der Waals surface area contributed by atoms with Crippen LogP contribution < -0.4 is 4.90 Å². The summed E-state index contributed by atoms with van der Waals surface area (Å²) in [5.41, 5.74) is 3.36. The summed E-state index contributed by atoms with van der Waals surface area (Å²) in [4.78, 5) is 11.9.